The van der Waals surface area contributed by atoms with Crippen LogP contribution in [0.15, 0.2) is 48.5 Å². The van der Waals surface area contributed by atoms with E-state index >= 15 is 0 Å². The van der Waals surface area contributed by atoms with Crippen molar-refractivity contribution in [2.75, 3.05) is 0 Å². The highest BCUT2D eigenvalue weighted by molar-refractivity contribution is 6.31. The molecule has 1 fully saturated rings. The largest absolute Gasteiger partial charge is 0.0840 e. The second-order valence-corrected chi connectivity index (χ2v) is 8.42. The Balaban J connectivity index is 1.74. The third-order valence-electron chi connectivity index (χ3n) is 6.25. The number of hydrogen-bond donors (Lipinski definition) is 0. The van der Waals surface area contributed by atoms with Crippen molar-refractivity contribution in [1.29, 1.82) is 0 Å². The summed E-state index contributed by atoms with van der Waals surface area (Å²) in [4.78, 5) is 0. The van der Waals surface area contributed by atoms with E-state index in [1.165, 1.54) is 55.2 Å². The summed E-state index contributed by atoms with van der Waals surface area (Å²) in [7, 11) is 0. The molecule has 1 atom stereocenters. The van der Waals surface area contributed by atoms with Gasteiger partial charge in [0.25, 0.3) is 0 Å². The Labute approximate surface area is 158 Å². The van der Waals surface area contributed by atoms with Gasteiger partial charge in [0.1, 0.15) is 0 Å². The van der Waals surface area contributed by atoms with Gasteiger partial charge in [0.15, 0.2) is 0 Å². The lowest BCUT2D eigenvalue weighted by atomic mass is 9.64. The van der Waals surface area contributed by atoms with Crippen LogP contribution in [0.3, 0.4) is 0 Å². The lowest BCUT2D eigenvalue weighted by molar-refractivity contribution is 0.164. The van der Waals surface area contributed by atoms with Crippen LogP contribution in [-0.2, 0) is 12.8 Å². The third kappa shape index (κ3) is 4.47. The first-order chi connectivity index (χ1) is 12.1. The van der Waals surface area contributed by atoms with E-state index in [0.29, 0.717) is 11.3 Å². The molecule has 2 aromatic carbocycles. The molecule has 1 aliphatic carbocycles. The van der Waals surface area contributed by atoms with Gasteiger partial charge in [-0.2, -0.15) is 0 Å². The van der Waals surface area contributed by atoms with Crippen LogP contribution < -0.4 is 0 Å². The minimum Gasteiger partial charge on any atom is -0.0840 e. The zero-order valence-corrected chi connectivity index (χ0v) is 16.5. The predicted octanol–water partition coefficient (Wildman–Crippen LogP) is 7.59. The van der Waals surface area contributed by atoms with Gasteiger partial charge in [-0.15, -0.1) is 0 Å². The molecule has 1 saturated carbocycles. The fourth-order valence-corrected chi connectivity index (χ4v) is 5.03. The minimum absolute atomic E-state index is 0.446. The predicted molar refractivity (Wildman–Crippen MR) is 110 cm³/mol. The average Bonchev–Trinajstić information content (AvgIpc) is 2.63. The van der Waals surface area contributed by atoms with Crippen LogP contribution in [0, 0.1) is 5.41 Å². The van der Waals surface area contributed by atoms with E-state index in [9.17, 15) is 0 Å². The fourth-order valence-electron chi connectivity index (χ4n) is 4.75. The molecular formula is C24H31Cl. The van der Waals surface area contributed by atoms with Gasteiger partial charge in [-0.3, -0.25) is 0 Å². The summed E-state index contributed by atoms with van der Waals surface area (Å²) in [6.07, 6.45) is 10.2. The first kappa shape index (κ1) is 18.5. The molecular weight excluding hydrogens is 324 g/mol. The molecule has 0 bridgehead atoms. The van der Waals surface area contributed by atoms with Crippen LogP contribution in [0.1, 0.15) is 75.0 Å². The van der Waals surface area contributed by atoms with Crippen molar-refractivity contribution in [3.63, 3.8) is 0 Å². The van der Waals surface area contributed by atoms with Crippen LogP contribution in [-0.4, -0.2) is 0 Å². The van der Waals surface area contributed by atoms with Crippen molar-refractivity contribution < 1.29 is 0 Å². The summed E-state index contributed by atoms with van der Waals surface area (Å²) in [6, 6.07) is 17.6. The number of benzene rings is 2. The van der Waals surface area contributed by atoms with E-state index in [-0.39, 0.29) is 0 Å². The number of aryl methyl sites for hydroxylation is 2. The second-order valence-electron chi connectivity index (χ2n) is 8.01. The minimum atomic E-state index is 0.446. The topological polar surface area (TPSA) is 0 Å². The second kappa shape index (κ2) is 8.41. The molecule has 0 amide bonds. The quantitative estimate of drug-likeness (QED) is 0.501. The molecule has 3 rings (SSSR count). The zero-order chi connectivity index (χ0) is 17.7. The van der Waals surface area contributed by atoms with E-state index in [0.717, 1.165) is 17.9 Å². The van der Waals surface area contributed by atoms with Crippen LogP contribution >= 0.6 is 11.6 Å². The van der Waals surface area contributed by atoms with E-state index < -0.39 is 0 Å². The molecule has 25 heavy (non-hydrogen) atoms. The maximum atomic E-state index is 6.68. The Kier molecular flexibility index (Phi) is 6.23. The van der Waals surface area contributed by atoms with Crippen LogP contribution in [0.25, 0.3) is 0 Å². The number of rotatable bonds is 6. The summed E-state index contributed by atoms with van der Waals surface area (Å²) in [5, 5.41) is 0.950. The Bertz CT molecular complexity index is 668. The Morgan fingerprint density at radius 3 is 2.32 bits per heavy atom. The highest BCUT2D eigenvalue weighted by Gasteiger charge is 2.35. The summed E-state index contributed by atoms with van der Waals surface area (Å²) >= 11 is 6.68. The lowest BCUT2D eigenvalue weighted by Gasteiger charge is -2.41. The maximum Gasteiger partial charge on any atom is 0.0440 e. The van der Waals surface area contributed by atoms with Crippen LogP contribution in [0.4, 0.5) is 0 Å². The number of hydrogen-bond acceptors (Lipinski definition) is 0. The monoisotopic (exact) mass is 354 g/mol. The van der Waals surface area contributed by atoms with Crippen molar-refractivity contribution >= 4 is 11.6 Å². The van der Waals surface area contributed by atoms with Crippen molar-refractivity contribution in [2.24, 2.45) is 5.41 Å². The van der Waals surface area contributed by atoms with Crippen molar-refractivity contribution in [2.45, 2.75) is 71.1 Å². The molecule has 1 heteroatoms. The van der Waals surface area contributed by atoms with E-state index in [1.807, 2.05) is 0 Å². The summed E-state index contributed by atoms with van der Waals surface area (Å²) in [5.41, 5.74) is 4.55. The van der Waals surface area contributed by atoms with Gasteiger partial charge >= 0.3 is 0 Å². The Hall–Kier alpha value is -1.27. The van der Waals surface area contributed by atoms with Gasteiger partial charge in [-0.1, -0.05) is 87.2 Å². The SMILES string of the molecule is CCC(c1ccc(CCc2ccccc2)c(Cl)c1)C1(C)CCCCC1. The molecule has 0 nitrogen and oxygen atoms in total. The van der Waals surface area contributed by atoms with Crippen LogP contribution in [0.5, 0.6) is 0 Å². The molecule has 0 radical (unpaired) electrons. The van der Waals surface area contributed by atoms with Crippen molar-refractivity contribution in [1.82, 2.24) is 0 Å². The number of halogens is 1. The molecule has 1 aliphatic rings. The molecule has 0 aliphatic heterocycles. The zero-order valence-electron chi connectivity index (χ0n) is 15.7. The Morgan fingerprint density at radius 1 is 0.960 bits per heavy atom. The van der Waals surface area contributed by atoms with E-state index in [1.54, 1.807) is 0 Å². The normalized spacial score (nSPS) is 18.0. The van der Waals surface area contributed by atoms with E-state index in [4.69, 9.17) is 11.6 Å². The van der Waals surface area contributed by atoms with Crippen molar-refractivity contribution in [3.8, 4) is 0 Å². The van der Waals surface area contributed by atoms with Gasteiger partial charge in [-0.05, 0) is 66.2 Å². The smallest absolute Gasteiger partial charge is 0.0440 e. The van der Waals surface area contributed by atoms with Gasteiger partial charge in [0.2, 0.25) is 0 Å². The van der Waals surface area contributed by atoms with Gasteiger partial charge in [-0.25, -0.2) is 0 Å². The summed E-state index contributed by atoms with van der Waals surface area (Å²) in [5.74, 6) is 0.633. The fraction of sp³-hybridized carbons (Fsp3) is 0.500. The highest BCUT2D eigenvalue weighted by Crippen LogP contribution is 2.48. The first-order valence-corrected chi connectivity index (χ1v) is 10.3. The molecule has 0 spiro atoms. The lowest BCUT2D eigenvalue weighted by Crippen LogP contribution is -2.28. The molecule has 0 saturated heterocycles. The van der Waals surface area contributed by atoms with Gasteiger partial charge in [0.05, 0.1) is 0 Å². The average molecular weight is 355 g/mol. The van der Waals surface area contributed by atoms with E-state index in [2.05, 4.69) is 62.4 Å². The van der Waals surface area contributed by atoms with Gasteiger partial charge < -0.3 is 0 Å². The first-order valence-electron chi connectivity index (χ1n) is 9.94. The molecule has 0 N–H and O–H groups in total. The molecule has 1 unspecified atom stereocenters. The Morgan fingerprint density at radius 2 is 1.68 bits per heavy atom. The maximum absolute atomic E-state index is 6.68. The molecule has 2 aromatic rings. The standard InChI is InChI=1S/C24H31Cl/c1-3-22(24(2)16-8-5-9-17-24)21-15-14-20(23(25)18-21)13-12-19-10-6-4-7-11-19/h4,6-7,10-11,14-15,18,22H,3,5,8-9,12-13,16-17H2,1-2H3. The molecule has 134 valence electrons. The van der Waals surface area contributed by atoms with Crippen LogP contribution in [0.2, 0.25) is 5.02 Å². The summed E-state index contributed by atoms with van der Waals surface area (Å²) < 4.78 is 0. The molecule has 0 heterocycles. The van der Waals surface area contributed by atoms with Crippen molar-refractivity contribution in [3.05, 3.63) is 70.2 Å². The highest BCUT2D eigenvalue weighted by atomic mass is 35.5. The van der Waals surface area contributed by atoms with Gasteiger partial charge in [0, 0.05) is 5.02 Å². The summed E-state index contributed by atoms with van der Waals surface area (Å²) in [6.45, 7) is 4.83. The third-order valence-corrected chi connectivity index (χ3v) is 6.60. The molecule has 0 aromatic heterocycles.